The van der Waals surface area contributed by atoms with Gasteiger partial charge in [-0.3, -0.25) is 0 Å². The van der Waals surface area contributed by atoms with Crippen LogP contribution >= 0.6 is 15.9 Å². The van der Waals surface area contributed by atoms with Crippen LogP contribution in [0.15, 0.2) is 33.3 Å². The molecule has 0 fully saturated rings. The van der Waals surface area contributed by atoms with Crippen LogP contribution in [0, 0.1) is 0 Å². The molecule has 5 nitrogen and oxygen atoms in total. The minimum atomic E-state index is -1.18. The van der Waals surface area contributed by atoms with Gasteiger partial charge < -0.3 is 14.7 Å². The summed E-state index contributed by atoms with van der Waals surface area (Å²) in [7, 11) is 0. The molecule has 0 amide bonds. The van der Waals surface area contributed by atoms with E-state index in [1.807, 2.05) is 0 Å². The highest BCUT2D eigenvalue weighted by Gasteiger charge is 2.16. The summed E-state index contributed by atoms with van der Waals surface area (Å²) in [6.07, 6.45) is 0. The highest BCUT2D eigenvalue weighted by molar-refractivity contribution is 9.10. The molecule has 0 atom stereocenters. The Bertz CT molecular complexity index is 529. The van der Waals surface area contributed by atoms with Crippen LogP contribution in [-0.4, -0.2) is 21.3 Å². The molecule has 2 N–H and O–H groups in total. The summed E-state index contributed by atoms with van der Waals surface area (Å²) < 4.78 is 5.45. The first-order valence-corrected chi connectivity index (χ1v) is 5.06. The molecule has 1 aromatic carbocycles. The van der Waals surface area contributed by atoms with Gasteiger partial charge >= 0.3 is 5.97 Å². The first-order chi connectivity index (χ1) is 7.59. The highest BCUT2D eigenvalue weighted by Crippen LogP contribution is 2.35. The summed E-state index contributed by atoms with van der Waals surface area (Å²) in [5.41, 5.74) is 0.174. The quantitative estimate of drug-likeness (QED) is 0.885. The van der Waals surface area contributed by atoms with E-state index in [2.05, 4.69) is 21.1 Å². The molecule has 0 aliphatic carbocycles. The van der Waals surface area contributed by atoms with Crippen LogP contribution < -0.4 is 0 Å². The van der Waals surface area contributed by atoms with Gasteiger partial charge in [-0.1, -0.05) is 11.2 Å². The van der Waals surface area contributed by atoms with Gasteiger partial charge in [0, 0.05) is 10.5 Å². The SMILES string of the molecule is O=C(O)c1cc(-c2c(O)cccc2Br)on1. The van der Waals surface area contributed by atoms with E-state index in [0.29, 0.717) is 10.0 Å². The number of benzene rings is 1. The summed E-state index contributed by atoms with van der Waals surface area (Å²) in [4.78, 5) is 10.6. The van der Waals surface area contributed by atoms with Gasteiger partial charge in [0.2, 0.25) is 0 Å². The van der Waals surface area contributed by atoms with E-state index >= 15 is 0 Å². The van der Waals surface area contributed by atoms with E-state index < -0.39 is 5.97 Å². The van der Waals surface area contributed by atoms with Gasteiger partial charge in [-0.15, -0.1) is 0 Å². The van der Waals surface area contributed by atoms with E-state index in [4.69, 9.17) is 9.63 Å². The molecule has 2 rings (SSSR count). The van der Waals surface area contributed by atoms with Crippen molar-refractivity contribution in [2.75, 3.05) is 0 Å². The number of aromatic nitrogens is 1. The largest absolute Gasteiger partial charge is 0.507 e. The van der Waals surface area contributed by atoms with Crippen LogP contribution in [-0.2, 0) is 0 Å². The van der Waals surface area contributed by atoms with Gasteiger partial charge in [0.15, 0.2) is 11.5 Å². The maximum Gasteiger partial charge on any atom is 0.358 e. The Kier molecular flexibility index (Phi) is 2.66. The van der Waals surface area contributed by atoms with Crippen molar-refractivity contribution < 1.29 is 19.5 Å². The van der Waals surface area contributed by atoms with Crippen LogP contribution in [0.4, 0.5) is 0 Å². The number of hydrogen-bond donors (Lipinski definition) is 2. The number of phenolic OH excluding ortho intramolecular Hbond substituents is 1. The second kappa shape index (κ2) is 3.97. The van der Waals surface area contributed by atoms with Gasteiger partial charge in [-0.05, 0) is 28.1 Å². The zero-order valence-electron chi connectivity index (χ0n) is 7.85. The molecular weight excluding hydrogens is 278 g/mol. The molecule has 0 saturated heterocycles. The number of halogens is 1. The highest BCUT2D eigenvalue weighted by atomic mass is 79.9. The Morgan fingerprint density at radius 2 is 2.19 bits per heavy atom. The van der Waals surface area contributed by atoms with Crippen LogP contribution in [0.5, 0.6) is 5.75 Å². The number of hydrogen-bond acceptors (Lipinski definition) is 4. The fourth-order valence-electron chi connectivity index (χ4n) is 1.25. The Hall–Kier alpha value is -1.82. The molecule has 0 radical (unpaired) electrons. The lowest BCUT2D eigenvalue weighted by Gasteiger charge is -2.01. The zero-order valence-corrected chi connectivity index (χ0v) is 9.43. The maximum atomic E-state index is 10.6. The lowest BCUT2D eigenvalue weighted by atomic mass is 10.1. The Balaban J connectivity index is 2.54. The average Bonchev–Trinajstić information content (AvgIpc) is 2.66. The fraction of sp³-hybridized carbons (Fsp3) is 0. The van der Waals surface area contributed by atoms with Crippen molar-refractivity contribution in [1.29, 1.82) is 0 Å². The Morgan fingerprint density at radius 3 is 2.75 bits per heavy atom. The van der Waals surface area contributed by atoms with Crippen molar-refractivity contribution in [2.45, 2.75) is 0 Å². The van der Waals surface area contributed by atoms with Crippen molar-refractivity contribution in [2.24, 2.45) is 0 Å². The number of aromatic hydroxyl groups is 1. The third-order valence-corrected chi connectivity index (χ3v) is 2.63. The molecule has 16 heavy (non-hydrogen) atoms. The molecule has 1 heterocycles. The van der Waals surface area contributed by atoms with Crippen molar-refractivity contribution in [3.05, 3.63) is 34.4 Å². The molecule has 6 heteroatoms. The lowest BCUT2D eigenvalue weighted by Crippen LogP contribution is -1.94. The minimum absolute atomic E-state index is 0.0116. The molecule has 0 unspecified atom stereocenters. The summed E-state index contributed by atoms with van der Waals surface area (Å²) >= 11 is 3.23. The topological polar surface area (TPSA) is 83.6 Å². The van der Waals surface area contributed by atoms with Crippen LogP contribution in [0.3, 0.4) is 0 Å². The minimum Gasteiger partial charge on any atom is -0.507 e. The number of carbonyl (C=O) groups is 1. The van der Waals surface area contributed by atoms with Gasteiger partial charge in [-0.2, -0.15) is 0 Å². The van der Waals surface area contributed by atoms with Crippen molar-refractivity contribution in [1.82, 2.24) is 5.16 Å². The van der Waals surface area contributed by atoms with Gasteiger partial charge in [0.25, 0.3) is 0 Å². The van der Waals surface area contributed by atoms with Crippen molar-refractivity contribution in [3.8, 4) is 17.1 Å². The van der Waals surface area contributed by atoms with Gasteiger partial charge in [0.1, 0.15) is 5.75 Å². The molecular formula is C10H6BrNO4. The molecule has 0 aliphatic rings. The molecule has 1 aromatic heterocycles. The predicted molar refractivity (Wildman–Crippen MR) is 58.3 cm³/mol. The first kappa shape index (κ1) is 10.7. The zero-order chi connectivity index (χ0) is 11.7. The van der Waals surface area contributed by atoms with Crippen molar-refractivity contribution in [3.63, 3.8) is 0 Å². The lowest BCUT2D eigenvalue weighted by molar-refractivity contribution is 0.0686. The fourth-order valence-corrected chi connectivity index (χ4v) is 1.80. The summed E-state index contributed by atoms with van der Waals surface area (Å²) in [5, 5.41) is 21.7. The number of carboxylic acids is 1. The predicted octanol–water partition coefficient (Wildman–Crippen LogP) is 2.51. The summed E-state index contributed by atoms with van der Waals surface area (Å²) in [5.74, 6) is -0.994. The molecule has 0 saturated carbocycles. The molecule has 0 aliphatic heterocycles. The van der Waals surface area contributed by atoms with Crippen LogP contribution in [0.1, 0.15) is 10.5 Å². The van der Waals surface area contributed by atoms with E-state index in [1.165, 1.54) is 12.1 Å². The smallest absolute Gasteiger partial charge is 0.358 e. The molecule has 0 spiro atoms. The van der Waals surface area contributed by atoms with Crippen LogP contribution in [0.25, 0.3) is 11.3 Å². The number of carboxylic acid groups (broad SMARTS) is 1. The number of nitrogens with zero attached hydrogens (tertiary/aromatic N) is 1. The number of aromatic carboxylic acids is 1. The van der Waals surface area contributed by atoms with Gasteiger partial charge in [-0.25, -0.2) is 4.79 Å². The maximum absolute atomic E-state index is 10.6. The summed E-state index contributed by atoms with van der Waals surface area (Å²) in [6.45, 7) is 0. The molecule has 82 valence electrons. The Labute approximate surface area is 98.4 Å². The Morgan fingerprint density at radius 1 is 1.44 bits per heavy atom. The van der Waals surface area contributed by atoms with E-state index in [9.17, 15) is 9.90 Å². The second-order valence-corrected chi connectivity index (χ2v) is 3.87. The molecule has 0 bridgehead atoms. The standard InChI is InChI=1S/C10H6BrNO4/c11-5-2-1-3-7(13)9(5)8-4-6(10(14)15)12-16-8/h1-4,13H,(H,14,15). The van der Waals surface area contributed by atoms with Crippen LogP contribution in [0.2, 0.25) is 0 Å². The number of rotatable bonds is 2. The van der Waals surface area contributed by atoms with E-state index in [1.54, 1.807) is 12.1 Å². The van der Waals surface area contributed by atoms with E-state index in [0.717, 1.165) is 0 Å². The second-order valence-electron chi connectivity index (χ2n) is 3.02. The third-order valence-electron chi connectivity index (χ3n) is 1.97. The first-order valence-electron chi connectivity index (χ1n) is 4.27. The number of phenols is 1. The normalized spacial score (nSPS) is 10.3. The monoisotopic (exact) mass is 283 g/mol. The third kappa shape index (κ3) is 1.79. The summed E-state index contributed by atoms with van der Waals surface area (Å²) in [6, 6.07) is 6.08. The van der Waals surface area contributed by atoms with Gasteiger partial charge in [0.05, 0.1) is 5.56 Å². The average molecular weight is 284 g/mol. The van der Waals surface area contributed by atoms with Crippen molar-refractivity contribution >= 4 is 21.9 Å². The molecule has 2 aromatic rings. The van der Waals surface area contributed by atoms with E-state index in [-0.39, 0.29) is 17.2 Å².